The molecule has 1 aliphatic heterocycles. The molecule has 0 amide bonds. The number of nitrogens with zero attached hydrogens (tertiary/aromatic N) is 2. The first-order valence-electron chi connectivity index (χ1n) is 8.40. The molecule has 1 aromatic heterocycles. The van der Waals surface area contributed by atoms with Gasteiger partial charge in [0.25, 0.3) is 5.56 Å². The van der Waals surface area contributed by atoms with Crippen LogP contribution in [-0.2, 0) is 4.74 Å². The third-order valence-electron chi connectivity index (χ3n) is 4.23. The van der Waals surface area contributed by atoms with Gasteiger partial charge in [-0.05, 0) is 31.4 Å². The van der Waals surface area contributed by atoms with Crippen molar-refractivity contribution in [2.75, 3.05) is 13.2 Å². The van der Waals surface area contributed by atoms with Crippen LogP contribution >= 0.6 is 0 Å². The third-order valence-corrected chi connectivity index (χ3v) is 4.23. The van der Waals surface area contributed by atoms with E-state index in [1.807, 2.05) is 6.92 Å². The summed E-state index contributed by atoms with van der Waals surface area (Å²) in [6.45, 7) is 3.02. The van der Waals surface area contributed by atoms with Crippen molar-refractivity contribution in [3.63, 3.8) is 0 Å². The average molecular weight is 343 g/mol. The number of rotatable bonds is 5. The molecule has 2 heterocycles. The summed E-state index contributed by atoms with van der Waals surface area (Å²) in [4.78, 5) is 31.2. The Labute approximate surface area is 144 Å². The highest BCUT2D eigenvalue weighted by Crippen LogP contribution is 2.19. The number of hydrogen-bond acceptors (Lipinski definition) is 5. The Morgan fingerprint density at radius 3 is 2.76 bits per heavy atom. The lowest BCUT2D eigenvalue weighted by atomic mass is 10.1. The number of aliphatic imine (C=N–C) groups is 1. The zero-order valence-corrected chi connectivity index (χ0v) is 14.1. The maximum absolute atomic E-state index is 12.3. The molecule has 0 bridgehead atoms. The average Bonchev–Trinajstić information content (AvgIpc) is 3.12. The van der Waals surface area contributed by atoms with Crippen LogP contribution in [0.4, 0.5) is 0 Å². The summed E-state index contributed by atoms with van der Waals surface area (Å²) >= 11 is 0. The molecule has 1 fully saturated rings. The van der Waals surface area contributed by atoms with E-state index < -0.39 is 17.1 Å². The van der Waals surface area contributed by atoms with Crippen LogP contribution < -0.4 is 11.2 Å². The van der Waals surface area contributed by atoms with Crippen LogP contribution in [0.5, 0.6) is 5.88 Å². The van der Waals surface area contributed by atoms with E-state index in [4.69, 9.17) is 4.74 Å². The Hall–Kier alpha value is -2.67. The summed E-state index contributed by atoms with van der Waals surface area (Å²) in [6, 6.07) is 8.66. The van der Waals surface area contributed by atoms with Gasteiger partial charge in [-0.25, -0.2) is 9.36 Å². The summed E-state index contributed by atoms with van der Waals surface area (Å²) in [6.07, 6.45) is 2.44. The summed E-state index contributed by atoms with van der Waals surface area (Å²) in [5.41, 5.74) is -0.366. The maximum atomic E-state index is 12.3. The highest BCUT2D eigenvalue weighted by Gasteiger charge is 2.20. The molecule has 1 saturated heterocycles. The molecule has 2 aromatic rings. The minimum absolute atomic E-state index is 0.0314. The highest BCUT2D eigenvalue weighted by molar-refractivity contribution is 6.02. The van der Waals surface area contributed by atoms with Crippen molar-refractivity contribution in [2.45, 2.75) is 32.3 Å². The van der Waals surface area contributed by atoms with Crippen molar-refractivity contribution in [2.24, 2.45) is 4.99 Å². The molecule has 0 radical (unpaired) electrons. The smallest absolute Gasteiger partial charge is 0.335 e. The second-order valence-corrected chi connectivity index (χ2v) is 5.90. The normalized spacial score (nSPS) is 17.8. The Bertz CT molecular complexity index is 877. The predicted octanol–water partition coefficient (Wildman–Crippen LogP) is 1.61. The van der Waals surface area contributed by atoms with Gasteiger partial charge in [-0.15, -0.1) is 0 Å². The second-order valence-electron chi connectivity index (χ2n) is 5.90. The third kappa shape index (κ3) is 3.56. The molecule has 7 nitrogen and oxygen atoms in total. The number of hydrogen-bond donors (Lipinski definition) is 2. The van der Waals surface area contributed by atoms with E-state index >= 15 is 0 Å². The molecular weight excluding hydrogens is 322 g/mol. The van der Waals surface area contributed by atoms with Gasteiger partial charge in [0, 0.05) is 6.61 Å². The van der Waals surface area contributed by atoms with Crippen LogP contribution in [0.2, 0.25) is 0 Å². The van der Waals surface area contributed by atoms with E-state index in [0.29, 0.717) is 24.4 Å². The summed E-state index contributed by atoms with van der Waals surface area (Å²) in [5, 5.41) is 10.6. The zero-order chi connectivity index (χ0) is 17.8. The van der Waals surface area contributed by atoms with E-state index in [1.165, 1.54) is 0 Å². The number of nitrogens with one attached hydrogen (secondary N) is 1. The topological polar surface area (TPSA) is 96.7 Å². The lowest BCUT2D eigenvalue weighted by Crippen LogP contribution is -2.33. The van der Waals surface area contributed by atoms with Crippen LogP contribution in [0.3, 0.4) is 0 Å². The zero-order valence-electron chi connectivity index (χ0n) is 14.1. The van der Waals surface area contributed by atoms with Gasteiger partial charge in [0.15, 0.2) is 0 Å². The molecule has 1 aliphatic rings. The first-order valence-corrected chi connectivity index (χ1v) is 8.40. The van der Waals surface area contributed by atoms with Crippen LogP contribution in [0.15, 0.2) is 44.9 Å². The predicted molar refractivity (Wildman–Crippen MR) is 95.0 cm³/mol. The molecule has 0 unspecified atom stereocenters. The number of H-pyrrole nitrogens is 1. The fourth-order valence-electron chi connectivity index (χ4n) is 2.97. The Kier molecular flexibility index (Phi) is 5.14. The largest absolute Gasteiger partial charge is 0.493 e. The molecule has 1 aromatic carbocycles. The van der Waals surface area contributed by atoms with E-state index in [9.17, 15) is 14.7 Å². The molecule has 2 N–H and O–H groups in total. The van der Waals surface area contributed by atoms with Gasteiger partial charge in [-0.3, -0.25) is 14.8 Å². The van der Waals surface area contributed by atoms with E-state index in [1.54, 1.807) is 30.3 Å². The van der Waals surface area contributed by atoms with Crippen molar-refractivity contribution in [1.82, 2.24) is 9.55 Å². The van der Waals surface area contributed by atoms with Crippen LogP contribution in [-0.4, -0.2) is 39.6 Å². The Morgan fingerprint density at radius 1 is 1.36 bits per heavy atom. The van der Waals surface area contributed by atoms with Gasteiger partial charge < -0.3 is 9.84 Å². The number of aromatic amines is 1. The minimum Gasteiger partial charge on any atom is -0.493 e. The van der Waals surface area contributed by atoms with Crippen LogP contribution in [0, 0.1) is 0 Å². The monoisotopic (exact) mass is 343 g/mol. The van der Waals surface area contributed by atoms with Crippen molar-refractivity contribution in [3.05, 3.63) is 56.7 Å². The minimum atomic E-state index is -0.688. The number of aromatic nitrogens is 2. The van der Waals surface area contributed by atoms with Crippen molar-refractivity contribution in [1.29, 1.82) is 0 Å². The van der Waals surface area contributed by atoms with Gasteiger partial charge in [0.05, 0.1) is 24.0 Å². The van der Waals surface area contributed by atoms with E-state index in [2.05, 4.69) is 9.98 Å². The number of benzene rings is 1. The standard InChI is InChI=1S/C18H21N3O4/c1-2-14(19-11-13-9-6-10-25-13)15-16(22)20-18(24)21(17(15)23)12-7-4-3-5-8-12/h3-5,7-8,13,23H,2,6,9-11H2,1H3,(H,20,22,24)/t13-/m1/s1. The van der Waals surface area contributed by atoms with Crippen molar-refractivity contribution in [3.8, 4) is 11.6 Å². The number of ether oxygens (including phenoxy) is 1. The molecule has 3 rings (SSSR count). The molecule has 7 heteroatoms. The van der Waals surface area contributed by atoms with Crippen molar-refractivity contribution < 1.29 is 9.84 Å². The van der Waals surface area contributed by atoms with E-state index in [0.717, 1.165) is 24.0 Å². The highest BCUT2D eigenvalue weighted by atomic mass is 16.5. The fourth-order valence-corrected chi connectivity index (χ4v) is 2.97. The van der Waals surface area contributed by atoms with Gasteiger partial charge in [0.2, 0.25) is 5.88 Å². The van der Waals surface area contributed by atoms with Gasteiger partial charge in [0.1, 0.15) is 5.56 Å². The number of aromatic hydroxyl groups is 1. The molecule has 0 spiro atoms. The number of para-hydroxylation sites is 1. The first kappa shape index (κ1) is 17.2. The lowest BCUT2D eigenvalue weighted by Gasteiger charge is -2.13. The fraction of sp³-hybridized carbons (Fsp3) is 0.389. The second kappa shape index (κ2) is 7.48. The van der Waals surface area contributed by atoms with Gasteiger partial charge >= 0.3 is 5.69 Å². The Morgan fingerprint density at radius 2 is 2.12 bits per heavy atom. The molecule has 1 atom stereocenters. The lowest BCUT2D eigenvalue weighted by molar-refractivity contribution is 0.118. The van der Waals surface area contributed by atoms with Gasteiger partial charge in [-0.1, -0.05) is 25.1 Å². The molecule has 0 saturated carbocycles. The summed E-state index contributed by atoms with van der Waals surface area (Å²) in [7, 11) is 0. The maximum Gasteiger partial charge on any atom is 0.335 e. The van der Waals surface area contributed by atoms with Crippen LogP contribution in [0.1, 0.15) is 31.7 Å². The SMILES string of the molecule is CCC(=NC[C@H]1CCCO1)c1c(O)n(-c2ccccc2)c(=O)[nH]c1=O. The molecular formula is C18H21N3O4. The van der Waals surface area contributed by atoms with E-state index in [-0.39, 0.29) is 11.7 Å². The van der Waals surface area contributed by atoms with Crippen molar-refractivity contribution >= 4 is 5.71 Å². The van der Waals surface area contributed by atoms with Crippen LogP contribution in [0.25, 0.3) is 5.69 Å². The Balaban J connectivity index is 2.07. The quantitative estimate of drug-likeness (QED) is 0.806. The molecule has 132 valence electrons. The summed E-state index contributed by atoms with van der Waals surface area (Å²) in [5.74, 6) is -0.395. The first-order chi connectivity index (χ1) is 12.1. The van der Waals surface area contributed by atoms with Gasteiger partial charge in [-0.2, -0.15) is 0 Å². The molecule has 0 aliphatic carbocycles. The summed E-state index contributed by atoms with van der Waals surface area (Å²) < 4.78 is 6.62. The molecule has 25 heavy (non-hydrogen) atoms.